The van der Waals surface area contributed by atoms with Gasteiger partial charge in [0.1, 0.15) is 5.58 Å². The molecular weight excluding hydrogens is 346 g/mol. The molecule has 142 valence electrons. The van der Waals surface area contributed by atoms with Gasteiger partial charge < -0.3 is 4.42 Å². The quantitative estimate of drug-likeness (QED) is 0.509. The molecule has 3 aromatic rings. The number of Topliss-reactive ketones (excluding diaryl/α,β-unsaturated/α-hetero) is 1. The highest BCUT2D eigenvalue weighted by Crippen LogP contribution is 2.59. The third kappa shape index (κ3) is 2.48. The van der Waals surface area contributed by atoms with Crippen LogP contribution in [-0.2, 0) is 0 Å². The van der Waals surface area contributed by atoms with Crippen molar-refractivity contribution in [3.05, 3.63) is 54.6 Å². The van der Waals surface area contributed by atoms with E-state index in [1.54, 1.807) is 6.20 Å². The summed E-state index contributed by atoms with van der Waals surface area (Å²) >= 11 is 0. The van der Waals surface area contributed by atoms with Gasteiger partial charge in [-0.15, -0.1) is 0 Å². The molecule has 1 aromatic carbocycles. The molecule has 0 saturated heterocycles. The van der Waals surface area contributed by atoms with Crippen molar-refractivity contribution in [1.29, 1.82) is 0 Å². The second-order valence-corrected chi connectivity index (χ2v) is 9.37. The molecule has 28 heavy (non-hydrogen) atoms. The van der Waals surface area contributed by atoms with Crippen LogP contribution < -0.4 is 0 Å². The Kier molecular flexibility index (Phi) is 3.56. The number of hydrogen-bond donors (Lipinski definition) is 0. The van der Waals surface area contributed by atoms with E-state index >= 15 is 0 Å². The van der Waals surface area contributed by atoms with E-state index in [0.717, 1.165) is 59.1 Å². The van der Waals surface area contributed by atoms with Crippen LogP contribution in [0.15, 0.2) is 53.2 Å². The minimum atomic E-state index is -0.168. The molecule has 3 bridgehead atoms. The number of rotatable bonds is 3. The number of hydrogen-bond acceptors (Lipinski definition) is 3. The van der Waals surface area contributed by atoms with Crippen molar-refractivity contribution in [2.24, 2.45) is 23.2 Å². The zero-order valence-electron chi connectivity index (χ0n) is 16.1. The van der Waals surface area contributed by atoms with Crippen molar-refractivity contribution < 1.29 is 9.21 Å². The molecule has 2 heterocycles. The Bertz CT molecular complexity index is 1050. The maximum Gasteiger partial charge on any atom is 0.204 e. The highest BCUT2D eigenvalue weighted by Gasteiger charge is 2.53. The average Bonchev–Trinajstić information content (AvgIpc) is 3.23. The van der Waals surface area contributed by atoms with Gasteiger partial charge in [0, 0.05) is 28.8 Å². The molecule has 2 aromatic heterocycles. The lowest BCUT2D eigenvalue weighted by Gasteiger charge is -2.38. The number of nitrogens with zero attached hydrogens (tertiary/aromatic N) is 1. The van der Waals surface area contributed by atoms with Crippen molar-refractivity contribution >= 4 is 16.8 Å². The van der Waals surface area contributed by atoms with E-state index in [0.29, 0.717) is 5.76 Å². The zero-order valence-corrected chi connectivity index (χ0v) is 16.1. The first-order valence-corrected chi connectivity index (χ1v) is 10.7. The van der Waals surface area contributed by atoms with Crippen molar-refractivity contribution in [3.8, 4) is 11.1 Å². The lowest BCUT2D eigenvalue weighted by molar-refractivity contribution is 0.0582. The molecule has 0 amide bonds. The summed E-state index contributed by atoms with van der Waals surface area (Å²) in [6.07, 6.45) is 12.1. The van der Waals surface area contributed by atoms with Crippen LogP contribution in [0.2, 0.25) is 0 Å². The summed E-state index contributed by atoms with van der Waals surface area (Å²) in [5.41, 5.74) is 2.76. The number of pyridine rings is 1. The summed E-state index contributed by atoms with van der Waals surface area (Å²) in [6.45, 7) is 0. The van der Waals surface area contributed by atoms with Crippen LogP contribution >= 0.6 is 0 Å². The topological polar surface area (TPSA) is 43.1 Å². The molecule has 0 N–H and O–H groups in total. The SMILES string of the molecule is O=C(c1cc2ccc(-c3cccnc3)cc2o1)C12CCCC3CC(CC3C1)C2. The van der Waals surface area contributed by atoms with E-state index < -0.39 is 0 Å². The molecule has 3 fully saturated rings. The van der Waals surface area contributed by atoms with Crippen LogP contribution in [0.3, 0.4) is 0 Å². The molecule has 3 saturated carbocycles. The molecule has 4 atom stereocenters. The summed E-state index contributed by atoms with van der Waals surface area (Å²) in [5, 5.41) is 1.01. The van der Waals surface area contributed by atoms with Crippen molar-refractivity contribution in [2.45, 2.75) is 44.9 Å². The van der Waals surface area contributed by atoms with Gasteiger partial charge in [0.25, 0.3) is 0 Å². The van der Waals surface area contributed by atoms with Crippen molar-refractivity contribution in [3.63, 3.8) is 0 Å². The van der Waals surface area contributed by atoms with E-state index in [1.807, 2.05) is 30.5 Å². The molecule has 0 radical (unpaired) electrons. The first-order valence-electron chi connectivity index (χ1n) is 10.7. The Morgan fingerprint density at radius 2 is 2.00 bits per heavy atom. The first kappa shape index (κ1) is 16.5. The summed E-state index contributed by atoms with van der Waals surface area (Å²) in [6, 6.07) is 12.1. The van der Waals surface area contributed by atoms with Gasteiger partial charge in [-0.3, -0.25) is 9.78 Å². The number of benzene rings is 1. The van der Waals surface area contributed by atoms with E-state index in [9.17, 15) is 4.79 Å². The third-order valence-electron chi connectivity index (χ3n) is 7.72. The smallest absolute Gasteiger partial charge is 0.204 e. The number of fused-ring (bicyclic) bond motifs is 3. The van der Waals surface area contributed by atoms with Crippen molar-refractivity contribution in [2.75, 3.05) is 0 Å². The Balaban J connectivity index is 1.37. The minimum Gasteiger partial charge on any atom is -0.453 e. The molecule has 0 aliphatic heterocycles. The van der Waals surface area contributed by atoms with Gasteiger partial charge in [0.05, 0.1) is 0 Å². The number of ketones is 1. The molecule has 0 spiro atoms. The van der Waals surface area contributed by atoms with E-state index in [4.69, 9.17) is 4.42 Å². The third-order valence-corrected chi connectivity index (χ3v) is 7.72. The number of carbonyl (C=O) groups is 1. The molecular formula is C25H25NO2. The summed E-state index contributed by atoms with van der Waals surface area (Å²) in [5.74, 6) is 3.24. The van der Waals surface area contributed by atoms with Crippen LogP contribution in [0.5, 0.6) is 0 Å². The van der Waals surface area contributed by atoms with E-state index in [1.165, 1.54) is 25.7 Å². The lowest BCUT2D eigenvalue weighted by Crippen LogP contribution is -2.36. The lowest BCUT2D eigenvalue weighted by atomic mass is 9.64. The second-order valence-electron chi connectivity index (χ2n) is 9.37. The van der Waals surface area contributed by atoms with E-state index in [2.05, 4.69) is 17.1 Å². The summed E-state index contributed by atoms with van der Waals surface area (Å²) < 4.78 is 6.15. The van der Waals surface area contributed by atoms with Crippen LogP contribution in [0, 0.1) is 23.2 Å². The van der Waals surface area contributed by atoms with Gasteiger partial charge in [0.15, 0.2) is 5.76 Å². The maximum atomic E-state index is 13.7. The van der Waals surface area contributed by atoms with Gasteiger partial charge >= 0.3 is 0 Å². The fourth-order valence-electron chi connectivity index (χ4n) is 6.57. The molecule has 6 rings (SSSR count). The van der Waals surface area contributed by atoms with Gasteiger partial charge in [-0.1, -0.05) is 31.0 Å². The van der Waals surface area contributed by atoms with Gasteiger partial charge in [0.2, 0.25) is 5.78 Å². The second kappa shape index (κ2) is 6.04. The fourth-order valence-corrected chi connectivity index (χ4v) is 6.57. The molecule has 3 heteroatoms. The van der Waals surface area contributed by atoms with Gasteiger partial charge in [-0.05, 0) is 73.6 Å². The number of aromatic nitrogens is 1. The largest absolute Gasteiger partial charge is 0.453 e. The standard InChI is InChI=1S/C25H25NO2/c27-24(25-7-1-3-17-9-16(13-25)10-21(17)14-25)23-12-19-6-5-18(11-22(19)28-23)20-4-2-8-26-15-20/h2,4-6,8,11-12,15-17,21H,1,3,7,9-10,13-14H2. The van der Waals surface area contributed by atoms with Crippen molar-refractivity contribution in [1.82, 2.24) is 4.98 Å². The zero-order chi connectivity index (χ0) is 18.7. The maximum absolute atomic E-state index is 13.7. The van der Waals surface area contributed by atoms with Gasteiger partial charge in [-0.25, -0.2) is 0 Å². The van der Waals surface area contributed by atoms with Gasteiger partial charge in [-0.2, -0.15) is 0 Å². The molecule has 4 unspecified atom stereocenters. The van der Waals surface area contributed by atoms with Crippen LogP contribution in [-0.4, -0.2) is 10.8 Å². The monoisotopic (exact) mass is 371 g/mol. The number of furan rings is 1. The molecule has 3 nitrogen and oxygen atoms in total. The minimum absolute atomic E-state index is 0.168. The normalized spacial score (nSPS) is 31.2. The van der Waals surface area contributed by atoms with Crippen LogP contribution in [0.1, 0.15) is 55.5 Å². The predicted molar refractivity (Wildman–Crippen MR) is 109 cm³/mol. The van der Waals surface area contributed by atoms with E-state index in [-0.39, 0.29) is 11.2 Å². The molecule has 3 aliphatic rings. The Morgan fingerprint density at radius 1 is 1.07 bits per heavy atom. The fraction of sp³-hybridized carbons (Fsp3) is 0.440. The summed E-state index contributed by atoms with van der Waals surface area (Å²) in [7, 11) is 0. The Labute approximate surface area is 165 Å². The van der Waals surface area contributed by atoms with Crippen LogP contribution in [0.4, 0.5) is 0 Å². The number of carbonyl (C=O) groups excluding carboxylic acids is 1. The highest BCUT2D eigenvalue weighted by atomic mass is 16.3. The summed E-state index contributed by atoms with van der Waals surface area (Å²) in [4.78, 5) is 17.9. The highest BCUT2D eigenvalue weighted by molar-refractivity contribution is 6.01. The first-order chi connectivity index (χ1) is 13.7. The Morgan fingerprint density at radius 3 is 2.89 bits per heavy atom. The predicted octanol–water partition coefficient (Wildman–Crippen LogP) is 6.28. The molecule has 3 aliphatic carbocycles. The van der Waals surface area contributed by atoms with Crippen LogP contribution in [0.25, 0.3) is 22.1 Å². The average molecular weight is 371 g/mol. The Hall–Kier alpha value is -2.42.